The number of carbonyl (C=O) groups excluding carboxylic acids is 1. The van der Waals surface area contributed by atoms with Crippen molar-refractivity contribution in [1.29, 1.82) is 5.26 Å². The Bertz CT molecular complexity index is 849. The minimum atomic E-state index is -4.58. The lowest BCUT2D eigenvalue weighted by Crippen LogP contribution is -2.40. The molecule has 0 atom stereocenters. The molecule has 0 radical (unpaired) electrons. The second kappa shape index (κ2) is 8.48. The van der Waals surface area contributed by atoms with Gasteiger partial charge < -0.3 is 9.73 Å². The molecular formula is C20H20F3N3O2. The number of nitriles is 1. The van der Waals surface area contributed by atoms with Crippen LogP contribution in [0.2, 0.25) is 0 Å². The summed E-state index contributed by atoms with van der Waals surface area (Å²) in [7, 11) is 0. The second-order valence-electron chi connectivity index (χ2n) is 6.83. The standard InChI is InChI=1S/C20H20F3N3O2/c21-20(22,23)18-10-14(11-24)3-4-16(18)12-25-19(27)15-5-7-26(8-6-15)13-17-2-1-9-28-17/h1-4,9-10,15H,5-8,12-13H2,(H,25,27). The number of furan rings is 1. The number of nitrogens with one attached hydrogen (secondary N) is 1. The van der Waals surface area contributed by atoms with E-state index in [2.05, 4.69) is 10.2 Å². The van der Waals surface area contributed by atoms with Crippen molar-refractivity contribution in [3.8, 4) is 6.07 Å². The van der Waals surface area contributed by atoms with E-state index in [9.17, 15) is 18.0 Å². The van der Waals surface area contributed by atoms with Crippen molar-refractivity contribution >= 4 is 5.91 Å². The first-order valence-electron chi connectivity index (χ1n) is 8.99. The largest absolute Gasteiger partial charge is 0.468 e. The van der Waals surface area contributed by atoms with E-state index in [-0.39, 0.29) is 29.5 Å². The highest BCUT2D eigenvalue weighted by Gasteiger charge is 2.34. The fourth-order valence-corrected chi connectivity index (χ4v) is 3.37. The first-order chi connectivity index (χ1) is 13.4. The summed E-state index contributed by atoms with van der Waals surface area (Å²) < 4.78 is 44.9. The molecule has 8 heteroatoms. The lowest BCUT2D eigenvalue weighted by Gasteiger charge is -2.30. The summed E-state index contributed by atoms with van der Waals surface area (Å²) >= 11 is 0. The van der Waals surface area contributed by atoms with Gasteiger partial charge in [0.25, 0.3) is 0 Å². The van der Waals surface area contributed by atoms with E-state index in [1.165, 1.54) is 12.1 Å². The first kappa shape index (κ1) is 20.0. The van der Waals surface area contributed by atoms with E-state index in [4.69, 9.17) is 9.68 Å². The molecule has 1 aromatic carbocycles. The van der Waals surface area contributed by atoms with Crippen molar-refractivity contribution in [3.05, 3.63) is 59.0 Å². The maximum Gasteiger partial charge on any atom is 0.416 e. The van der Waals surface area contributed by atoms with Crippen LogP contribution in [0.1, 0.15) is 35.3 Å². The fraction of sp³-hybridized carbons (Fsp3) is 0.400. The van der Waals surface area contributed by atoms with Gasteiger partial charge in [-0.1, -0.05) is 6.07 Å². The highest BCUT2D eigenvalue weighted by molar-refractivity contribution is 5.78. The van der Waals surface area contributed by atoms with E-state index in [1.54, 1.807) is 12.3 Å². The van der Waals surface area contributed by atoms with Crippen molar-refractivity contribution in [3.63, 3.8) is 0 Å². The van der Waals surface area contributed by atoms with Crippen molar-refractivity contribution in [2.24, 2.45) is 5.92 Å². The molecule has 1 saturated heterocycles. The molecule has 1 aliphatic heterocycles. The Morgan fingerprint density at radius 3 is 2.64 bits per heavy atom. The van der Waals surface area contributed by atoms with E-state index < -0.39 is 11.7 Å². The molecule has 1 aromatic heterocycles. The zero-order valence-corrected chi connectivity index (χ0v) is 15.1. The molecule has 0 unspecified atom stereocenters. The third kappa shape index (κ3) is 4.93. The van der Waals surface area contributed by atoms with Crippen LogP contribution in [-0.2, 0) is 24.1 Å². The molecular weight excluding hydrogens is 371 g/mol. The summed E-state index contributed by atoms with van der Waals surface area (Å²) in [5.74, 6) is 0.402. The van der Waals surface area contributed by atoms with Gasteiger partial charge in [0.15, 0.2) is 0 Å². The van der Waals surface area contributed by atoms with Crippen LogP contribution in [0.3, 0.4) is 0 Å². The maximum absolute atomic E-state index is 13.2. The summed E-state index contributed by atoms with van der Waals surface area (Å²) in [5.41, 5.74) is -0.999. The summed E-state index contributed by atoms with van der Waals surface area (Å²) in [6.07, 6.45) is -1.67. The summed E-state index contributed by atoms with van der Waals surface area (Å²) in [6.45, 7) is 1.92. The lowest BCUT2D eigenvalue weighted by molar-refractivity contribution is -0.138. The van der Waals surface area contributed by atoms with Crippen molar-refractivity contribution in [1.82, 2.24) is 10.2 Å². The number of likely N-dealkylation sites (tertiary alicyclic amines) is 1. The van der Waals surface area contributed by atoms with E-state index in [0.29, 0.717) is 19.4 Å². The van der Waals surface area contributed by atoms with E-state index >= 15 is 0 Å². The molecule has 0 saturated carbocycles. The number of carbonyl (C=O) groups is 1. The molecule has 2 heterocycles. The number of nitrogens with zero attached hydrogens (tertiary/aromatic N) is 2. The molecule has 1 amide bonds. The number of rotatable bonds is 5. The highest BCUT2D eigenvalue weighted by atomic mass is 19.4. The third-order valence-corrected chi connectivity index (χ3v) is 4.92. The second-order valence-corrected chi connectivity index (χ2v) is 6.83. The average molecular weight is 391 g/mol. The van der Waals surface area contributed by atoms with Crippen LogP contribution in [0.25, 0.3) is 0 Å². The molecule has 5 nitrogen and oxygen atoms in total. The number of benzene rings is 1. The van der Waals surface area contributed by atoms with E-state index in [1.807, 2.05) is 12.1 Å². The highest BCUT2D eigenvalue weighted by Crippen LogP contribution is 2.32. The van der Waals surface area contributed by atoms with Gasteiger partial charge in [-0.3, -0.25) is 9.69 Å². The number of piperidine rings is 1. The van der Waals surface area contributed by atoms with Crippen LogP contribution in [-0.4, -0.2) is 23.9 Å². The average Bonchev–Trinajstić information content (AvgIpc) is 3.19. The normalized spacial score (nSPS) is 15.9. The number of hydrogen-bond acceptors (Lipinski definition) is 4. The Morgan fingerprint density at radius 1 is 1.29 bits per heavy atom. The molecule has 0 bridgehead atoms. The van der Waals surface area contributed by atoms with Crippen LogP contribution in [0.5, 0.6) is 0 Å². The predicted molar refractivity (Wildman–Crippen MR) is 94.7 cm³/mol. The molecule has 1 fully saturated rings. The van der Waals surface area contributed by atoms with Crippen molar-refractivity contribution in [2.75, 3.05) is 13.1 Å². The molecule has 3 rings (SSSR count). The Labute approximate surface area is 160 Å². The molecule has 28 heavy (non-hydrogen) atoms. The number of amides is 1. The Kier molecular flexibility index (Phi) is 6.05. The molecule has 2 aromatic rings. The summed E-state index contributed by atoms with van der Waals surface area (Å²) in [6, 6.07) is 8.81. The van der Waals surface area contributed by atoms with Gasteiger partial charge >= 0.3 is 6.18 Å². The van der Waals surface area contributed by atoms with Gasteiger partial charge in [0.2, 0.25) is 5.91 Å². The zero-order valence-electron chi connectivity index (χ0n) is 15.1. The zero-order chi connectivity index (χ0) is 20.1. The summed E-state index contributed by atoms with van der Waals surface area (Å²) in [5, 5.41) is 11.4. The van der Waals surface area contributed by atoms with Crippen LogP contribution in [0.15, 0.2) is 41.0 Å². The fourth-order valence-electron chi connectivity index (χ4n) is 3.37. The predicted octanol–water partition coefficient (Wildman–Crippen LogP) is 3.70. The smallest absolute Gasteiger partial charge is 0.416 e. The van der Waals surface area contributed by atoms with Gasteiger partial charge in [-0.05, 0) is 55.8 Å². The Balaban J connectivity index is 1.54. The van der Waals surface area contributed by atoms with Crippen LogP contribution >= 0.6 is 0 Å². The van der Waals surface area contributed by atoms with Crippen molar-refractivity contribution < 1.29 is 22.4 Å². The van der Waals surface area contributed by atoms with Crippen LogP contribution < -0.4 is 5.32 Å². The quantitative estimate of drug-likeness (QED) is 0.844. The van der Waals surface area contributed by atoms with Gasteiger partial charge in [0.05, 0.1) is 30.0 Å². The van der Waals surface area contributed by atoms with Gasteiger partial charge in [-0.25, -0.2) is 0 Å². The van der Waals surface area contributed by atoms with Gasteiger partial charge in [0.1, 0.15) is 5.76 Å². The maximum atomic E-state index is 13.2. The summed E-state index contributed by atoms with van der Waals surface area (Å²) in [4.78, 5) is 14.6. The SMILES string of the molecule is N#Cc1ccc(CNC(=O)C2CCN(Cc3ccco3)CC2)c(C(F)(F)F)c1. The van der Waals surface area contributed by atoms with Crippen LogP contribution in [0, 0.1) is 17.2 Å². The molecule has 0 spiro atoms. The molecule has 0 aliphatic carbocycles. The minimum absolute atomic E-state index is 0.0462. The molecule has 1 N–H and O–H groups in total. The topological polar surface area (TPSA) is 69.3 Å². The lowest BCUT2D eigenvalue weighted by atomic mass is 9.95. The third-order valence-electron chi connectivity index (χ3n) is 4.92. The first-order valence-corrected chi connectivity index (χ1v) is 8.99. The Hall–Kier alpha value is -2.79. The number of hydrogen-bond donors (Lipinski definition) is 1. The molecule has 1 aliphatic rings. The van der Waals surface area contributed by atoms with Crippen molar-refractivity contribution in [2.45, 2.75) is 32.1 Å². The van der Waals surface area contributed by atoms with Crippen LogP contribution in [0.4, 0.5) is 13.2 Å². The monoisotopic (exact) mass is 391 g/mol. The minimum Gasteiger partial charge on any atom is -0.468 e. The Morgan fingerprint density at radius 2 is 2.04 bits per heavy atom. The van der Waals surface area contributed by atoms with E-state index in [0.717, 1.165) is 24.9 Å². The number of alkyl halides is 3. The van der Waals surface area contributed by atoms with Gasteiger partial charge in [0, 0.05) is 12.5 Å². The van der Waals surface area contributed by atoms with Gasteiger partial charge in [-0.2, -0.15) is 18.4 Å². The molecule has 148 valence electrons. The number of halogens is 3. The van der Waals surface area contributed by atoms with Gasteiger partial charge in [-0.15, -0.1) is 0 Å².